The van der Waals surface area contributed by atoms with Crippen LogP contribution in [0.5, 0.6) is 0 Å². The molecule has 0 amide bonds. The SMILES string of the molecule is Cc1ccn(Cc2nnc(Cc3ccn(Cc4ccccc4)n3)s2)n1. The molecule has 126 valence electrons. The topological polar surface area (TPSA) is 61.4 Å². The van der Waals surface area contributed by atoms with Crippen LogP contribution in [0, 0.1) is 6.92 Å². The number of hydrogen-bond donors (Lipinski definition) is 0. The second kappa shape index (κ2) is 6.98. The van der Waals surface area contributed by atoms with Gasteiger partial charge in [0.1, 0.15) is 10.0 Å². The summed E-state index contributed by atoms with van der Waals surface area (Å²) in [6.07, 6.45) is 4.68. The number of aromatic nitrogens is 6. The minimum Gasteiger partial charge on any atom is -0.268 e. The van der Waals surface area contributed by atoms with E-state index in [4.69, 9.17) is 0 Å². The van der Waals surface area contributed by atoms with Crippen LogP contribution in [0.15, 0.2) is 54.9 Å². The van der Waals surface area contributed by atoms with Gasteiger partial charge in [-0.2, -0.15) is 10.2 Å². The Morgan fingerprint density at radius 1 is 0.840 bits per heavy atom. The molecule has 0 radical (unpaired) electrons. The molecule has 25 heavy (non-hydrogen) atoms. The van der Waals surface area contributed by atoms with E-state index in [0.717, 1.165) is 27.9 Å². The third-order valence-electron chi connectivity index (χ3n) is 3.80. The zero-order valence-electron chi connectivity index (χ0n) is 13.9. The fourth-order valence-corrected chi connectivity index (χ4v) is 3.48. The fourth-order valence-electron chi connectivity index (χ4n) is 2.62. The third-order valence-corrected chi connectivity index (χ3v) is 4.70. The Bertz CT molecular complexity index is 953. The summed E-state index contributed by atoms with van der Waals surface area (Å²) in [5.74, 6) is 0. The Balaban J connectivity index is 1.39. The van der Waals surface area contributed by atoms with Gasteiger partial charge in [0, 0.05) is 18.8 Å². The summed E-state index contributed by atoms with van der Waals surface area (Å²) in [4.78, 5) is 0. The largest absolute Gasteiger partial charge is 0.268 e. The Kier molecular flexibility index (Phi) is 4.39. The van der Waals surface area contributed by atoms with Gasteiger partial charge < -0.3 is 0 Å². The van der Waals surface area contributed by atoms with Gasteiger partial charge in [-0.25, -0.2) is 0 Å². The molecule has 3 heterocycles. The summed E-state index contributed by atoms with van der Waals surface area (Å²) >= 11 is 1.61. The summed E-state index contributed by atoms with van der Waals surface area (Å²) in [5.41, 5.74) is 3.26. The van der Waals surface area contributed by atoms with E-state index in [9.17, 15) is 0 Å². The zero-order chi connectivity index (χ0) is 17.1. The van der Waals surface area contributed by atoms with Crippen molar-refractivity contribution in [1.29, 1.82) is 0 Å². The molecular weight excluding hydrogens is 332 g/mol. The lowest BCUT2D eigenvalue weighted by Gasteiger charge is -2.00. The predicted octanol–water partition coefficient (Wildman–Crippen LogP) is 2.93. The highest BCUT2D eigenvalue weighted by atomic mass is 32.1. The van der Waals surface area contributed by atoms with Gasteiger partial charge >= 0.3 is 0 Å². The smallest absolute Gasteiger partial charge is 0.139 e. The molecule has 0 spiro atoms. The molecule has 0 saturated carbocycles. The molecule has 1 aromatic carbocycles. The zero-order valence-corrected chi connectivity index (χ0v) is 14.7. The maximum Gasteiger partial charge on any atom is 0.139 e. The van der Waals surface area contributed by atoms with Crippen LogP contribution < -0.4 is 0 Å². The molecule has 0 bridgehead atoms. The van der Waals surface area contributed by atoms with Crippen molar-refractivity contribution in [3.8, 4) is 0 Å². The van der Waals surface area contributed by atoms with Gasteiger partial charge in [-0.3, -0.25) is 9.36 Å². The van der Waals surface area contributed by atoms with Gasteiger partial charge in [0.05, 0.1) is 24.5 Å². The third kappa shape index (κ3) is 4.00. The Morgan fingerprint density at radius 3 is 2.40 bits per heavy atom. The molecule has 0 aliphatic carbocycles. The van der Waals surface area contributed by atoms with E-state index in [1.165, 1.54) is 5.56 Å². The summed E-state index contributed by atoms with van der Waals surface area (Å²) in [6, 6.07) is 14.4. The van der Waals surface area contributed by atoms with Crippen molar-refractivity contribution in [2.24, 2.45) is 0 Å². The van der Waals surface area contributed by atoms with Gasteiger partial charge in [0.25, 0.3) is 0 Å². The summed E-state index contributed by atoms with van der Waals surface area (Å²) in [7, 11) is 0. The first-order valence-electron chi connectivity index (χ1n) is 8.12. The Morgan fingerprint density at radius 2 is 1.60 bits per heavy atom. The summed E-state index contributed by atoms with van der Waals surface area (Å²) in [6.45, 7) is 3.42. The van der Waals surface area contributed by atoms with Crippen molar-refractivity contribution >= 4 is 11.3 Å². The molecular formula is C18H18N6S. The van der Waals surface area contributed by atoms with E-state index in [-0.39, 0.29) is 0 Å². The van der Waals surface area contributed by atoms with Gasteiger partial charge in [0.2, 0.25) is 0 Å². The highest BCUT2D eigenvalue weighted by Gasteiger charge is 2.08. The Hall–Kier alpha value is -2.80. The van der Waals surface area contributed by atoms with Crippen LogP contribution in [0.3, 0.4) is 0 Å². The first kappa shape index (κ1) is 15.7. The lowest BCUT2D eigenvalue weighted by atomic mass is 10.2. The average molecular weight is 350 g/mol. The molecule has 0 N–H and O–H groups in total. The predicted molar refractivity (Wildman–Crippen MR) is 96.6 cm³/mol. The average Bonchev–Trinajstić information content (AvgIpc) is 3.33. The van der Waals surface area contributed by atoms with Crippen LogP contribution in [0.25, 0.3) is 0 Å². The van der Waals surface area contributed by atoms with E-state index >= 15 is 0 Å². The number of rotatable bonds is 6. The molecule has 0 unspecified atom stereocenters. The minimum absolute atomic E-state index is 0.661. The van der Waals surface area contributed by atoms with Gasteiger partial charge in [0.15, 0.2) is 0 Å². The molecule has 0 aliphatic rings. The van der Waals surface area contributed by atoms with Crippen LogP contribution in [0.2, 0.25) is 0 Å². The van der Waals surface area contributed by atoms with Crippen molar-refractivity contribution in [2.45, 2.75) is 26.4 Å². The number of nitrogens with zero attached hydrogens (tertiary/aromatic N) is 6. The van der Waals surface area contributed by atoms with Gasteiger partial charge in [-0.1, -0.05) is 41.7 Å². The highest BCUT2D eigenvalue weighted by Crippen LogP contribution is 2.15. The minimum atomic E-state index is 0.661. The van der Waals surface area contributed by atoms with Gasteiger partial charge in [-0.15, -0.1) is 10.2 Å². The Labute approximate surface area is 149 Å². The van der Waals surface area contributed by atoms with E-state index < -0.39 is 0 Å². The maximum atomic E-state index is 4.64. The first-order chi connectivity index (χ1) is 12.2. The normalized spacial score (nSPS) is 11.1. The summed E-state index contributed by atoms with van der Waals surface area (Å²) < 4.78 is 3.84. The van der Waals surface area contributed by atoms with Crippen molar-refractivity contribution in [1.82, 2.24) is 29.8 Å². The lowest BCUT2D eigenvalue weighted by Crippen LogP contribution is -2.01. The molecule has 0 saturated heterocycles. The van der Waals surface area contributed by atoms with E-state index in [0.29, 0.717) is 13.0 Å². The molecule has 0 fully saturated rings. The standard InChI is InChI=1S/C18H18N6S/c1-14-7-9-24(21-14)13-18-20-19-17(25-18)11-16-8-10-23(22-16)12-15-5-3-2-4-6-15/h2-10H,11-13H2,1H3. The molecule has 4 rings (SSSR count). The maximum absolute atomic E-state index is 4.64. The molecule has 4 aromatic rings. The van der Waals surface area contributed by atoms with Crippen LogP contribution in [0.4, 0.5) is 0 Å². The van der Waals surface area contributed by atoms with Crippen molar-refractivity contribution in [2.75, 3.05) is 0 Å². The van der Waals surface area contributed by atoms with E-state index in [1.54, 1.807) is 11.3 Å². The quantitative estimate of drug-likeness (QED) is 0.536. The molecule has 6 nitrogen and oxygen atoms in total. The molecule has 7 heteroatoms. The fraction of sp³-hybridized carbons (Fsp3) is 0.222. The van der Waals surface area contributed by atoms with E-state index in [1.807, 2.05) is 59.0 Å². The van der Waals surface area contributed by atoms with Crippen LogP contribution in [-0.2, 0) is 19.5 Å². The highest BCUT2D eigenvalue weighted by molar-refractivity contribution is 7.11. The number of benzene rings is 1. The second-order valence-corrected chi connectivity index (χ2v) is 7.06. The lowest BCUT2D eigenvalue weighted by molar-refractivity contribution is 0.668. The van der Waals surface area contributed by atoms with Crippen LogP contribution >= 0.6 is 11.3 Å². The number of aryl methyl sites for hydroxylation is 1. The molecule has 0 aliphatic heterocycles. The monoisotopic (exact) mass is 350 g/mol. The van der Waals surface area contributed by atoms with Crippen LogP contribution in [0.1, 0.15) is 27.0 Å². The first-order valence-corrected chi connectivity index (χ1v) is 8.94. The van der Waals surface area contributed by atoms with Crippen molar-refractivity contribution in [3.05, 3.63) is 81.8 Å². The van der Waals surface area contributed by atoms with E-state index in [2.05, 4.69) is 32.5 Å². The van der Waals surface area contributed by atoms with Gasteiger partial charge in [-0.05, 0) is 24.6 Å². The molecule has 3 aromatic heterocycles. The number of hydrogen-bond acceptors (Lipinski definition) is 5. The van der Waals surface area contributed by atoms with Crippen molar-refractivity contribution in [3.63, 3.8) is 0 Å². The molecule has 0 atom stereocenters. The van der Waals surface area contributed by atoms with Crippen molar-refractivity contribution < 1.29 is 0 Å². The van der Waals surface area contributed by atoms with Crippen LogP contribution in [-0.4, -0.2) is 29.8 Å². The second-order valence-electron chi connectivity index (χ2n) is 5.91. The summed E-state index contributed by atoms with van der Waals surface area (Å²) in [5, 5.41) is 19.5.